The van der Waals surface area contributed by atoms with Gasteiger partial charge in [0.25, 0.3) is 0 Å². The van der Waals surface area contributed by atoms with Crippen LogP contribution in [0, 0.1) is 10.3 Å². The third kappa shape index (κ3) is 3.13. The Bertz CT molecular complexity index is 545. The van der Waals surface area contributed by atoms with E-state index in [9.17, 15) is 4.91 Å². The van der Waals surface area contributed by atoms with Crippen LogP contribution in [0.3, 0.4) is 0 Å². The van der Waals surface area contributed by atoms with Crippen molar-refractivity contribution in [3.8, 4) is 0 Å². The topological polar surface area (TPSA) is 29.4 Å². The Kier molecular flexibility index (Phi) is 3.91. The summed E-state index contributed by atoms with van der Waals surface area (Å²) in [4.78, 5) is 10.9. The standard InChI is InChI=1S/C16H18ClNO/c1-11(14-6-4-5-7-15(14)17)12-8-13(18-19)10-16(2,3)9-12/h4-8,13H,1,9-10H2,2-3H3. The lowest BCUT2D eigenvalue weighted by atomic mass is 9.73. The molecule has 19 heavy (non-hydrogen) atoms. The zero-order valence-corrected chi connectivity index (χ0v) is 12.1. The molecule has 2 nitrogen and oxygen atoms in total. The largest absolute Gasteiger partial charge is 0.150 e. The van der Waals surface area contributed by atoms with E-state index in [1.54, 1.807) is 0 Å². The molecule has 0 heterocycles. The van der Waals surface area contributed by atoms with E-state index >= 15 is 0 Å². The fraction of sp³-hybridized carbons (Fsp3) is 0.375. The molecule has 2 rings (SSSR count). The Balaban J connectivity index is 2.36. The van der Waals surface area contributed by atoms with E-state index < -0.39 is 0 Å². The Morgan fingerprint density at radius 1 is 1.42 bits per heavy atom. The highest BCUT2D eigenvalue weighted by molar-refractivity contribution is 6.32. The number of benzene rings is 1. The second kappa shape index (κ2) is 5.30. The van der Waals surface area contributed by atoms with Gasteiger partial charge in [-0.1, -0.05) is 61.5 Å². The maximum absolute atomic E-state index is 10.9. The first kappa shape index (κ1) is 14.0. The smallest absolute Gasteiger partial charge is 0.111 e. The van der Waals surface area contributed by atoms with Crippen LogP contribution in [0.1, 0.15) is 32.3 Å². The van der Waals surface area contributed by atoms with E-state index in [2.05, 4.69) is 25.6 Å². The Labute approximate surface area is 119 Å². The molecular weight excluding hydrogens is 258 g/mol. The summed E-state index contributed by atoms with van der Waals surface area (Å²) in [5.74, 6) is 0. The van der Waals surface area contributed by atoms with Crippen LogP contribution in [0.25, 0.3) is 5.57 Å². The molecule has 0 amide bonds. The van der Waals surface area contributed by atoms with Gasteiger partial charge in [0.1, 0.15) is 6.04 Å². The van der Waals surface area contributed by atoms with Crippen LogP contribution >= 0.6 is 11.6 Å². The highest BCUT2D eigenvalue weighted by Gasteiger charge is 2.30. The van der Waals surface area contributed by atoms with Gasteiger partial charge >= 0.3 is 0 Å². The summed E-state index contributed by atoms with van der Waals surface area (Å²) in [7, 11) is 0. The predicted octanol–water partition coefficient (Wildman–Crippen LogP) is 5.23. The normalized spacial score (nSPS) is 21.6. The van der Waals surface area contributed by atoms with Gasteiger partial charge in [-0.05, 0) is 41.0 Å². The molecule has 1 unspecified atom stereocenters. The van der Waals surface area contributed by atoms with Crippen molar-refractivity contribution in [2.45, 2.75) is 32.7 Å². The van der Waals surface area contributed by atoms with Crippen LogP contribution in [0.4, 0.5) is 0 Å². The predicted molar refractivity (Wildman–Crippen MR) is 81.2 cm³/mol. The summed E-state index contributed by atoms with van der Waals surface area (Å²) in [6, 6.07) is 7.38. The SMILES string of the molecule is C=C(C1=CC(N=O)CC(C)(C)C1)c1ccccc1Cl. The first-order valence-electron chi connectivity index (χ1n) is 6.40. The van der Waals surface area contributed by atoms with Crippen molar-refractivity contribution in [3.05, 3.63) is 58.0 Å². The minimum absolute atomic E-state index is 0.0624. The van der Waals surface area contributed by atoms with Crippen LogP contribution in [-0.2, 0) is 0 Å². The van der Waals surface area contributed by atoms with E-state index in [1.807, 2.05) is 30.3 Å². The number of hydrogen-bond donors (Lipinski definition) is 0. The molecule has 0 saturated heterocycles. The lowest BCUT2D eigenvalue weighted by Gasteiger charge is -2.32. The molecule has 1 aliphatic carbocycles. The zero-order chi connectivity index (χ0) is 14.0. The van der Waals surface area contributed by atoms with Crippen LogP contribution in [-0.4, -0.2) is 6.04 Å². The molecule has 0 radical (unpaired) electrons. The fourth-order valence-electron chi connectivity index (χ4n) is 2.66. The van der Waals surface area contributed by atoms with E-state index in [1.165, 1.54) is 0 Å². The van der Waals surface area contributed by atoms with Crippen molar-refractivity contribution < 1.29 is 0 Å². The average Bonchev–Trinajstić information content (AvgIpc) is 2.36. The first-order chi connectivity index (χ1) is 8.93. The van der Waals surface area contributed by atoms with Crippen molar-refractivity contribution in [1.29, 1.82) is 0 Å². The maximum atomic E-state index is 10.9. The van der Waals surface area contributed by atoms with Gasteiger partial charge in [-0.3, -0.25) is 0 Å². The van der Waals surface area contributed by atoms with Crippen molar-refractivity contribution in [1.82, 2.24) is 0 Å². The first-order valence-corrected chi connectivity index (χ1v) is 6.78. The van der Waals surface area contributed by atoms with Gasteiger partial charge in [-0.25, -0.2) is 0 Å². The molecule has 0 spiro atoms. The average molecular weight is 276 g/mol. The van der Waals surface area contributed by atoms with Crippen LogP contribution in [0.15, 0.2) is 47.7 Å². The number of rotatable bonds is 3. The van der Waals surface area contributed by atoms with Crippen molar-refractivity contribution >= 4 is 17.2 Å². The van der Waals surface area contributed by atoms with Gasteiger partial charge in [0, 0.05) is 5.02 Å². The fourth-order valence-corrected chi connectivity index (χ4v) is 2.91. The Morgan fingerprint density at radius 3 is 2.74 bits per heavy atom. The molecule has 0 fully saturated rings. The van der Waals surface area contributed by atoms with Gasteiger partial charge < -0.3 is 0 Å². The van der Waals surface area contributed by atoms with Crippen molar-refractivity contribution in [2.75, 3.05) is 0 Å². The summed E-state index contributed by atoms with van der Waals surface area (Å²) in [5.41, 5.74) is 2.96. The van der Waals surface area contributed by atoms with E-state index in [-0.39, 0.29) is 11.5 Å². The maximum Gasteiger partial charge on any atom is 0.111 e. The molecule has 1 aromatic rings. The molecule has 3 heteroatoms. The van der Waals surface area contributed by atoms with Gasteiger partial charge in [-0.2, -0.15) is 4.91 Å². The van der Waals surface area contributed by atoms with Crippen molar-refractivity contribution in [3.63, 3.8) is 0 Å². The molecule has 0 bridgehead atoms. The number of hydrogen-bond acceptors (Lipinski definition) is 2. The third-order valence-corrected chi connectivity index (χ3v) is 3.88. The third-order valence-electron chi connectivity index (χ3n) is 3.55. The lowest BCUT2D eigenvalue weighted by molar-refractivity contribution is 0.306. The van der Waals surface area contributed by atoms with Crippen LogP contribution in [0.2, 0.25) is 5.02 Å². The van der Waals surface area contributed by atoms with Gasteiger partial charge in [0.15, 0.2) is 0 Å². The lowest BCUT2D eigenvalue weighted by Crippen LogP contribution is -2.24. The molecule has 1 atom stereocenters. The van der Waals surface area contributed by atoms with Crippen molar-refractivity contribution in [2.24, 2.45) is 10.6 Å². The Hall–Kier alpha value is -1.41. The van der Waals surface area contributed by atoms with Gasteiger partial charge in [0.2, 0.25) is 0 Å². The molecule has 0 aliphatic heterocycles. The summed E-state index contributed by atoms with van der Waals surface area (Å²) in [5, 5.41) is 3.88. The highest BCUT2D eigenvalue weighted by Crippen LogP contribution is 2.42. The van der Waals surface area contributed by atoms with Crippen LogP contribution < -0.4 is 0 Å². The molecule has 0 N–H and O–H groups in total. The molecular formula is C16H18ClNO. The van der Waals surface area contributed by atoms with E-state index in [0.717, 1.165) is 29.6 Å². The monoisotopic (exact) mass is 275 g/mol. The summed E-state index contributed by atoms with van der Waals surface area (Å²) < 4.78 is 0. The minimum Gasteiger partial charge on any atom is -0.150 e. The number of halogens is 1. The second-order valence-corrected chi connectivity index (χ2v) is 6.28. The summed E-state index contributed by atoms with van der Waals surface area (Å²) in [6.45, 7) is 8.45. The Morgan fingerprint density at radius 2 is 2.11 bits per heavy atom. The number of allylic oxidation sites excluding steroid dienone is 2. The molecule has 1 aromatic carbocycles. The number of nitrogens with zero attached hydrogens (tertiary/aromatic N) is 1. The molecule has 100 valence electrons. The summed E-state index contributed by atoms with van der Waals surface area (Å²) >= 11 is 6.21. The van der Waals surface area contributed by atoms with E-state index in [4.69, 9.17) is 11.6 Å². The molecule has 0 aromatic heterocycles. The highest BCUT2D eigenvalue weighted by atomic mass is 35.5. The number of nitroso groups, excluding NO2 is 1. The van der Waals surface area contributed by atoms with Crippen LogP contribution in [0.5, 0.6) is 0 Å². The minimum atomic E-state index is -0.266. The zero-order valence-electron chi connectivity index (χ0n) is 11.3. The summed E-state index contributed by atoms with van der Waals surface area (Å²) in [6.07, 6.45) is 3.61. The van der Waals surface area contributed by atoms with E-state index in [0.29, 0.717) is 5.02 Å². The van der Waals surface area contributed by atoms with Gasteiger partial charge in [0.05, 0.1) is 0 Å². The second-order valence-electron chi connectivity index (χ2n) is 5.87. The van der Waals surface area contributed by atoms with Gasteiger partial charge in [-0.15, -0.1) is 0 Å². The molecule has 0 saturated carbocycles. The molecule has 1 aliphatic rings. The quantitative estimate of drug-likeness (QED) is 0.694.